The second-order valence-corrected chi connectivity index (χ2v) is 2.84. The predicted molar refractivity (Wildman–Crippen MR) is 46.3 cm³/mol. The zero-order valence-corrected chi connectivity index (χ0v) is 7.46. The zero-order valence-electron chi connectivity index (χ0n) is 7.46. The van der Waals surface area contributed by atoms with E-state index in [1.54, 1.807) is 0 Å². The van der Waals surface area contributed by atoms with Crippen molar-refractivity contribution in [3.8, 4) is 0 Å². The molecule has 1 unspecified atom stereocenters. The van der Waals surface area contributed by atoms with Gasteiger partial charge in [-0.1, -0.05) is 0 Å². The van der Waals surface area contributed by atoms with Crippen LogP contribution in [0.15, 0.2) is 24.3 Å². The maximum atomic E-state index is 12.9. The third kappa shape index (κ3) is 2.22. The summed E-state index contributed by atoms with van der Waals surface area (Å²) in [6.45, 7) is 0.992. The van der Waals surface area contributed by atoms with Gasteiger partial charge in [0.15, 0.2) is 5.78 Å². The van der Waals surface area contributed by atoms with E-state index in [9.17, 15) is 18.4 Å². The molecule has 74 valence electrons. The van der Waals surface area contributed by atoms with E-state index in [0.717, 1.165) is 31.2 Å². The number of carbonyl (C=O) groups excluding carboxylic acids is 2. The van der Waals surface area contributed by atoms with E-state index < -0.39 is 23.6 Å². The monoisotopic (exact) mass is 198 g/mol. The largest absolute Gasteiger partial charge is 0.296 e. The molecule has 14 heavy (non-hydrogen) atoms. The third-order valence-corrected chi connectivity index (χ3v) is 1.72. The van der Waals surface area contributed by atoms with E-state index >= 15 is 0 Å². The number of rotatable bonds is 3. The summed E-state index contributed by atoms with van der Waals surface area (Å²) < 4.78 is 25.4. The summed E-state index contributed by atoms with van der Waals surface area (Å²) in [5.41, 5.74) is -0.00546. The smallest absolute Gasteiger partial charge is 0.220 e. The van der Waals surface area contributed by atoms with Gasteiger partial charge in [0.05, 0.1) is 0 Å². The molecule has 2 nitrogen and oxygen atoms in total. The summed E-state index contributed by atoms with van der Waals surface area (Å²) in [5.74, 6) is -2.29. The molecule has 0 bridgehead atoms. The van der Waals surface area contributed by atoms with Gasteiger partial charge in [0, 0.05) is 5.56 Å². The van der Waals surface area contributed by atoms with Gasteiger partial charge in [-0.05, 0) is 31.2 Å². The Labute approximate surface area is 79.5 Å². The van der Waals surface area contributed by atoms with Crippen molar-refractivity contribution in [3.05, 3.63) is 35.6 Å². The van der Waals surface area contributed by atoms with Crippen LogP contribution in [-0.4, -0.2) is 17.7 Å². The van der Waals surface area contributed by atoms with Crippen LogP contribution in [0.4, 0.5) is 8.78 Å². The van der Waals surface area contributed by atoms with Gasteiger partial charge in [-0.15, -0.1) is 0 Å². The van der Waals surface area contributed by atoms with Crippen molar-refractivity contribution in [1.82, 2.24) is 0 Å². The molecule has 0 heterocycles. The molecular formula is C10H8F2O2. The molecule has 0 spiro atoms. The van der Waals surface area contributed by atoms with Crippen LogP contribution in [-0.2, 0) is 4.79 Å². The highest BCUT2D eigenvalue weighted by Crippen LogP contribution is 2.08. The molecule has 0 aliphatic carbocycles. The van der Waals surface area contributed by atoms with Gasteiger partial charge in [0.25, 0.3) is 0 Å². The van der Waals surface area contributed by atoms with Crippen molar-refractivity contribution in [2.75, 3.05) is 0 Å². The van der Waals surface area contributed by atoms with Gasteiger partial charge in [-0.3, -0.25) is 9.59 Å². The average Bonchev–Trinajstić information content (AvgIpc) is 2.16. The van der Waals surface area contributed by atoms with Crippen molar-refractivity contribution in [2.45, 2.75) is 13.1 Å². The van der Waals surface area contributed by atoms with Crippen LogP contribution < -0.4 is 0 Å². The zero-order chi connectivity index (χ0) is 10.7. The van der Waals surface area contributed by atoms with Crippen molar-refractivity contribution < 1.29 is 18.4 Å². The number of alkyl halides is 1. The predicted octanol–water partition coefficient (Wildman–Crippen LogP) is 1.94. The molecular weight excluding hydrogens is 190 g/mol. The van der Waals surface area contributed by atoms with Gasteiger partial charge < -0.3 is 0 Å². The van der Waals surface area contributed by atoms with Crippen molar-refractivity contribution in [1.29, 1.82) is 0 Å². The van der Waals surface area contributed by atoms with Gasteiger partial charge in [-0.25, -0.2) is 8.78 Å². The van der Waals surface area contributed by atoms with E-state index in [0.29, 0.717) is 0 Å². The lowest BCUT2D eigenvalue weighted by Gasteiger charge is -2.02. The Hall–Kier alpha value is -1.58. The Balaban J connectivity index is 2.90. The minimum absolute atomic E-state index is 0.00546. The summed E-state index contributed by atoms with van der Waals surface area (Å²) >= 11 is 0. The van der Waals surface area contributed by atoms with E-state index in [1.165, 1.54) is 0 Å². The van der Waals surface area contributed by atoms with Crippen molar-refractivity contribution >= 4 is 11.6 Å². The topological polar surface area (TPSA) is 34.1 Å². The van der Waals surface area contributed by atoms with Crippen LogP contribution in [0.5, 0.6) is 0 Å². The number of benzene rings is 1. The number of carbonyl (C=O) groups is 2. The maximum absolute atomic E-state index is 12.9. The van der Waals surface area contributed by atoms with Crippen LogP contribution in [0.3, 0.4) is 0 Å². The third-order valence-electron chi connectivity index (χ3n) is 1.72. The Bertz CT molecular complexity index is 357. The van der Waals surface area contributed by atoms with Crippen molar-refractivity contribution in [3.63, 3.8) is 0 Å². The number of ketones is 2. The average molecular weight is 198 g/mol. The molecule has 1 atom stereocenters. The summed E-state index contributed by atoms with van der Waals surface area (Å²) in [5, 5.41) is 0. The summed E-state index contributed by atoms with van der Waals surface area (Å²) in [7, 11) is 0. The molecule has 0 aliphatic heterocycles. The first-order valence-electron chi connectivity index (χ1n) is 3.96. The molecule has 0 aromatic heterocycles. The summed E-state index contributed by atoms with van der Waals surface area (Å²) in [6, 6.07) is 4.38. The fourth-order valence-corrected chi connectivity index (χ4v) is 0.945. The first-order valence-corrected chi connectivity index (χ1v) is 3.96. The molecule has 0 saturated heterocycles. The summed E-state index contributed by atoms with van der Waals surface area (Å²) in [6.07, 6.45) is -2.15. The van der Waals surface area contributed by atoms with Crippen molar-refractivity contribution in [2.24, 2.45) is 0 Å². The number of hydrogen-bond acceptors (Lipinski definition) is 2. The van der Waals surface area contributed by atoms with Crippen LogP contribution >= 0.6 is 0 Å². The second kappa shape index (κ2) is 4.09. The maximum Gasteiger partial charge on any atom is 0.220 e. The normalized spacial score (nSPS) is 12.2. The fraction of sp³-hybridized carbons (Fsp3) is 0.200. The molecule has 0 saturated carbocycles. The van der Waals surface area contributed by atoms with Gasteiger partial charge in [0.1, 0.15) is 5.82 Å². The standard InChI is InChI=1S/C10H8F2O2/c1-6(13)9(12)10(14)7-2-4-8(11)5-3-7/h2-5,9H,1H3. The van der Waals surface area contributed by atoms with Gasteiger partial charge >= 0.3 is 0 Å². The van der Waals surface area contributed by atoms with Crippen LogP contribution in [0, 0.1) is 5.82 Å². The summed E-state index contributed by atoms with van der Waals surface area (Å²) in [4.78, 5) is 21.7. The Morgan fingerprint density at radius 1 is 1.21 bits per heavy atom. The molecule has 0 N–H and O–H groups in total. The molecule has 1 aromatic carbocycles. The van der Waals surface area contributed by atoms with Crippen LogP contribution in [0.1, 0.15) is 17.3 Å². The lowest BCUT2D eigenvalue weighted by molar-refractivity contribution is -0.120. The Kier molecular flexibility index (Phi) is 3.06. The minimum atomic E-state index is -2.15. The van der Waals surface area contributed by atoms with Crippen LogP contribution in [0.2, 0.25) is 0 Å². The number of Topliss-reactive ketones (excluding diaryl/α,β-unsaturated/α-hetero) is 2. The number of halogens is 2. The van der Waals surface area contributed by atoms with E-state index in [4.69, 9.17) is 0 Å². The quantitative estimate of drug-likeness (QED) is 0.549. The van der Waals surface area contributed by atoms with Crippen LogP contribution in [0.25, 0.3) is 0 Å². The van der Waals surface area contributed by atoms with Gasteiger partial charge in [0.2, 0.25) is 12.0 Å². The van der Waals surface area contributed by atoms with E-state index in [1.807, 2.05) is 0 Å². The molecule has 1 aromatic rings. The Morgan fingerprint density at radius 2 is 1.71 bits per heavy atom. The highest BCUT2D eigenvalue weighted by atomic mass is 19.1. The lowest BCUT2D eigenvalue weighted by Crippen LogP contribution is -2.23. The fourth-order valence-electron chi connectivity index (χ4n) is 0.945. The molecule has 0 aliphatic rings. The highest BCUT2D eigenvalue weighted by Gasteiger charge is 2.23. The number of hydrogen-bond donors (Lipinski definition) is 0. The van der Waals surface area contributed by atoms with E-state index in [2.05, 4.69) is 0 Å². The van der Waals surface area contributed by atoms with E-state index in [-0.39, 0.29) is 5.56 Å². The Morgan fingerprint density at radius 3 is 2.14 bits per heavy atom. The first kappa shape index (κ1) is 10.5. The highest BCUT2D eigenvalue weighted by molar-refractivity contribution is 6.12. The molecule has 0 radical (unpaired) electrons. The molecule has 4 heteroatoms. The lowest BCUT2D eigenvalue weighted by atomic mass is 10.1. The molecule has 0 amide bonds. The minimum Gasteiger partial charge on any atom is -0.296 e. The molecule has 0 fully saturated rings. The first-order chi connectivity index (χ1) is 6.52. The second-order valence-electron chi connectivity index (χ2n) is 2.84. The molecule has 1 rings (SSSR count). The SMILES string of the molecule is CC(=O)C(F)C(=O)c1ccc(F)cc1. The van der Waals surface area contributed by atoms with Gasteiger partial charge in [-0.2, -0.15) is 0 Å².